The summed E-state index contributed by atoms with van der Waals surface area (Å²) in [6.07, 6.45) is 0. The standard InChI is InChI=1S/C6H15NO6.C2HNO2.C2H4O2.C2H6O/c8-1-4-11-7(12-5-2-9)13-6-3-10;3-1-2(4)5;1-2(3)4;1-2-3/h8-10H,1-6H2;(H,4,5);1H3,(H,3,4);3H,2H2,1H3. The number of aliphatic hydroxyl groups is 4. The van der Waals surface area contributed by atoms with Crippen LogP contribution in [-0.4, -0.2) is 94.2 Å². The lowest BCUT2D eigenvalue weighted by atomic mass is 10.8. The predicted molar refractivity (Wildman–Crippen MR) is 80.3 cm³/mol. The predicted octanol–water partition coefficient (Wildman–Crippen LogP) is -2.26. The zero-order valence-electron chi connectivity index (χ0n) is 14.1. The van der Waals surface area contributed by atoms with Crippen molar-refractivity contribution in [2.45, 2.75) is 13.8 Å². The summed E-state index contributed by atoms with van der Waals surface area (Å²) >= 11 is 0. The molecule has 0 heterocycles. The normalized spacial score (nSPS) is 8.56. The molecule has 0 amide bonds. The Labute approximate surface area is 144 Å². The zero-order valence-corrected chi connectivity index (χ0v) is 14.1. The van der Waals surface area contributed by atoms with Gasteiger partial charge in [0.2, 0.25) is 0 Å². The Kier molecular flexibility index (Phi) is 37.2. The van der Waals surface area contributed by atoms with Crippen molar-refractivity contribution in [2.75, 3.05) is 46.2 Å². The van der Waals surface area contributed by atoms with Crippen LogP contribution in [0.4, 0.5) is 0 Å². The number of carboxylic acid groups (broad SMARTS) is 2. The second-order valence-corrected chi connectivity index (χ2v) is 3.15. The number of hydrogen-bond acceptors (Lipinski definition) is 11. The lowest BCUT2D eigenvalue weighted by molar-refractivity contribution is -0.527. The minimum Gasteiger partial charge on any atom is -0.481 e. The summed E-state index contributed by atoms with van der Waals surface area (Å²) < 4.78 is 0. The van der Waals surface area contributed by atoms with Crippen molar-refractivity contribution >= 4 is 11.9 Å². The molecule has 0 bridgehead atoms. The van der Waals surface area contributed by atoms with Gasteiger partial charge in [-0.1, -0.05) is 0 Å². The third-order valence-corrected chi connectivity index (χ3v) is 0.960. The first kappa shape index (κ1) is 30.9. The maximum absolute atomic E-state index is 9.01. The summed E-state index contributed by atoms with van der Waals surface area (Å²) in [4.78, 5) is 32.1. The molecule has 13 heteroatoms. The van der Waals surface area contributed by atoms with E-state index in [1.807, 2.05) is 0 Å². The molecular weight excluding hydrogens is 348 g/mol. The number of carbonyl (C=O) groups is 2. The fourth-order valence-corrected chi connectivity index (χ4v) is 0.458. The molecule has 150 valence electrons. The lowest BCUT2D eigenvalue weighted by Crippen LogP contribution is -2.28. The van der Waals surface area contributed by atoms with E-state index < -0.39 is 11.9 Å². The van der Waals surface area contributed by atoms with Crippen LogP contribution in [0.5, 0.6) is 0 Å². The van der Waals surface area contributed by atoms with Crippen LogP contribution in [0.3, 0.4) is 0 Å². The number of nitrogens with zero attached hydrogens (tertiary/aromatic N) is 2. The van der Waals surface area contributed by atoms with E-state index in [0.29, 0.717) is 5.39 Å². The molecule has 0 unspecified atom stereocenters. The highest BCUT2D eigenvalue weighted by atomic mass is 17.2. The van der Waals surface area contributed by atoms with Gasteiger partial charge in [-0.2, -0.15) is 5.26 Å². The summed E-state index contributed by atoms with van der Waals surface area (Å²) in [5, 5.41) is 55.5. The van der Waals surface area contributed by atoms with Crippen molar-refractivity contribution < 1.29 is 54.7 Å². The van der Waals surface area contributed by atoms with Gasteiger partial charge in [0.25, 0.3) is 5.97 Å². The summed E-state index contributed by atoms with van der Waals surface area (Å²) in [6.45, 7) is 2.51. The summed E-state index contributed by atoms with van der Waals surface area (Å²) in [5.74, 6) is -2.27. The van der Waals surface area contributed by atoms with Gasteiger partial charge >= 0.3 is 5.97 Å². The van der Waals surface area contributed by atoms with Gasteiger partial charge in [0.05, 0.1) is 45.0 Å². The zero-order chi connectivity index (χ0) is 20.5. The van der Waals surface area contributed by atoms with Crippen LogP contribution in [0.1, 0.15) is 13.8 Å². The largest absolute Gasteiger partial charge is 0.481 e. The van der Waals surface area contributed by atoms with E-state index in [2.05, 4.69) is 0 Å². The average molecular weight is 374 g/mol. The smallest absolute Gasteiger partial charge is 0.408 e. The van der Waals surface area contributed by atoms with E-state index in [1.54, 1.807) is 6.92 Å². The van der Waals surface area contributed by atoms with Gasteiger partial charge in [0, 0.05) is 13.5 Å². The summed E-state index contributed by atoms with van der Waals surface area (Å²) in [7, 11) is 0. The molecule has 0 saturated carbocycles. The average Bonchev–Trinajstić information content (AvgIpc) is 2.55. The fraction of sp³-hybridized carbons (Fsp3) is 0.750. The van der Waals surface area contributed by atoms with E-state index in [9.17, 15) is 0 Å². The first-order valence-electron chi connectivity index (χ1n) is 6.71. The Morgan fingerprint density at radius 2 is 1.12 bits per heavy atom. The Morgan fingerprint density at radius 1 is 0.920 bits per heavy atom. The number of nitriles is 1. The Balaban J connectivity index is -0.000000151. The van der Waals surface area contributed by atoms with Crippen molar-refractivity contribution in [3.8, 4) is 6.07 Å². The molecule has 0 fully saturated rings. The Morgan fingerprint density at radius 3 is 1.24 bits per heavy atom. The molecule has 25 heavy (non-hydrogen) atoms. The minimum absolute atomic E-state index is 0.0108. The van der Waals surface area contributed by atoms with Crippen molar-refractivity contribution in [1.29, 1.82) is 5.26 Å². The van der Waals surface area contributed by atoms with Crippen LogP contribution in [0, 0.1) is 11.3 Å². The maximum atomic E-state index is 9.01. The third kappa shape index (κ3) is 61.0. The molecule has 0 aromatic rings. The summed E-state index contributed by atoms with van der Waals surface area (Å²) in [5.41, 5.74) is 0. The van der Waals surface area contributed by atoms with Gasteiger partial charge in [-0.15, -0.1) is 0 Å². The van der Waals surface area contributed by atoms with Crippen LogP contribution in [0.2, 0.25) is 0 Å². The van der Waals surface area contributed by atoms with Crippen LogP contribution in [-0.2, 0) is 24.1 Å². The van der Waals surface area contributed by atoms with E-state index in [-0.39, 0.29) is 46.2 Å². The fourth-order valence-electron chi connectivity index (χ4n) is 0.458. The van der Waals surface area contributed by atoms with Crippen molar-refractivity contribution in [2.24, 2.45) is 0 Å². The molecule has 0 spiro atoms. The van der Waals surface area contributed by atoms with E-state index in [0.717, 1.165) is 13.0 Å². The molecule has 0 rings (SSSR count). The molecule has 0 atom stereocenters. The van der Waals surface area contributed by atoms with Crippen molar-refractivity contribution in [3.63, 3.8) is 0 Å². The minimum atomic E-state index is -1.44. The number of rotatable bonds is 9. The third-order valence-electron chi connectivity index (χ3n) is 0.960. The molecule has 0 radical (unpaired) electrons. The molecule has 6 N–H and O–H groups in total. The number of hydrogen-bond donors (Lipinski definition) is 6. The Hall–Kier alpha value is -1.89. The van der Waals surface area contributed by atoms with Gasteiger partial charge < -0.3 is 30.6 Å². The van der Waals surface area contributed by atoms with Crippen molar-refractivity contribution in [1.82, 2.24) is 5.39 Å². The first-order valence-corrected chi connectivity index (χ1v) is 6.71. The maximum Gasteiger partial charge on any atom is 0.408 e. The van der Waals surface area contributed by atoms with E-state index in [1.165, 1.54) is 0 Å². The summed E-state index contributed by atoms with van der Waals surface area (Å²) in [6, 6.07) is 0.944. The van der Waals surface area contributed by atoms with E-state index >= 15 is 0 Å². The van der Waals surface area contributed by atoms with Gasteiger partial charge in [-0.3, -0.25) is 4.79 Å². The number of aliphatic carboxylic acids is 2. The highest BCUT2D eigenvalue weighted by Gasteiger charge is 2.05. The van der Waals surface area contributed by atoms with Crippen LogP contribution >= 0.6 is 0 Å². The molecule has 0 aromatic carbocycles. The Bertz CT molecular complexity index is 300. The van der Waals surface area contributed by atoms with Crippen LogP contribution in [0.25, 0.3) is 0 Å². The molecule has 0 aliphatic rings. The number of aliphatic hydroxyl groups excluding tert-OH is 4. The second kappa shape index (κ2) is 30.0. The first-order chi connectivity index (χ1) is 11.8. The molecular formula is C12H26N2O11. The topological polar surface area (TPSA) is 210 Å². The molecule has 0 aliphatic carbocycles. The van der Waals surface area contributed by atoms with Gasteiger partial charge in [0.1, 0.15) is 0 Å². The van der Waals surface area contributed by atoms with Crippen molar-refractivity contribution in [3.05, 3.63) is 0 Å². The van der Waals surface area contributed by atoms with Crippen LogP contribution in [0.15, 0.2) is 0 Å². The molecule has 0 aliphatic heterocycles. The monoisotopic (exact) mass is 374 g/mol. The van der Waals surface area contributed by atoms with Gasteiger partial charge in [-0.25, -0.2) is 19.3 Å². The SMILES string of the molecule is CC(=O)O.CCO.N#CC(=O)O.OCCON(OCCO)OCCO. The van der Waals surface area contributed by atoms with Gasteiger partial charge in [0.15, 0.2) is 6.07 Å². The molecule has 0 saturated heterocycles. The highest BCUT2D eigenvalue weighted by molar-refractivity contribution is 5.83. The molecule has 0 aromatic heterocycles. The molecule has 13 nitrogen and oxygen atoms in total. The highest BCUT2D eigenvalue weighted by Crippen LogP contribution is 1.93. The second-order valence-electron chi connectivity index (χ2n) is 3.15. The van der Waals surface area contributed by atoms with Gasteiger partial charge in [-0.05, 0) is 6.92 Å². The van der Waals surface area contributed by atoms with E-state index in [4.69, 9.17) is 60.0 Å². The lowest BCUT2D eigenvalue weighted by Gasteiger charge is -2.17. The number of carboxylic acids is 2. The quantitative estimate of drug-likeness (QED) is 0.143. The van der Waals surface area contributed by atoms with Crippen LogP contribution < -0.4 is 0 Å².